The van der Waals surface area contributed by atoms with Crippen molar-refractivity contribution in [1.29, 1.82) is 0 Å². The van der Waals surface area contributed by atoms with Crippen LogP contribution in [0.5, 0.6) is 0 Å². The van der Waals surface area contributed by atoms with Crippen LogP contribution in [0.1, 0.15) is 15.9 Å². The highest BCUT2D eigenvalue weighted by Gasteiger charge is 2.15. The van der Waals surface area contributed by atoms with Gasteiger partial charge in [0.05, 0.1) is 19.8 Å². The van der Waals surface area contributed by atoms with Gasteiger partial charge in [0.2, 0.25) is 5.91 Å². The third kappa shape index (κ3) is 4.53. The number of morpholine rings is 1. The van der Waals surface area contributed by atoms with Gasteiger partial charge in [-0.15, -0.1) is 0 Å². The van der Waals surface area contributed by atoms with Gasteiger partial charge in [0, 0.05) is 54.2 Å². The first-order chi connectivity index (χ1) is 14.5. The predicted octanol–water partition coefficient (Wildman–Crippen LogP) is 3.01. The number of carbonyl (C=O) groups excluding carboxylic acids is 2. The fraction of sp³-hybridized carbons (Fsp3) is 0.304. The molecular weight excluding hydrogens is 380 g/mol. The lowest BCUT2D eigenvalue weighted by Gasteiger charge is -2.25. The van der Waals surface area contributed by atoms with E-state index >= 15 is 0 Å². The van der Waals surface area contributed by atoms with Crippen LogP contribution in [0.2, 0.25) is 0 Å². The van der Waals surface area contributed by atoms with E-state index in [2.05, 4.69) is 26.3 Å². The summed E-state index contributed by atoms with van der Waals surface area (Å²) in [4.78, 5) is 27.1. The van der Waals surface area contributed by atoms with Crippen LogP contribution in [0.15, 0.2) is 48.7 Å². The number of anilines is 2. The maximum absolute atomic E-state index is 12.7. The summed E-state index contributed by atoms with van der Waals surface area (Å²) < 4.78 is 7.36. The number of fused-ring (bicyclic) bond motifs is 1. The second-order valence-corrected chi connectivity index (χ2v) is 7.63. The Morgan fingerprint density at radius 1 is 1.03 bits per heavy atom. The number of hydrogen-bond acceptors (Lipinski definition) is 4. The molecule has 1 fully saturated rings. The molecule has 0 bridgehead atoms. The van der Waals surface area contributed by atoms with E-state index in [1.807, 2.05) is 50.4 Å². The average Bonchev–Trinajstić information content (AvgIpc) is 3.02. The minimum absolute atomic E-state index is 0.0784. The van der Waals surface area contributed by atoms with Crippen molar-refractivity contribution in [1.82, 2.24) is 9.47 Å². The molecule has 2 aromatic carbocycles. The van der Waals surface area contributed by atoms with E-state index < -0.39 is 0 Å². The van der Waals surface area contributed by atoms with Crippen LogP contribution in [0.4, 0.5) is 11.4 Å². The van der Waals surface area contributed by atoms with E-state index in [-0.39, 0.29) is 11.8 Å². The molecule has 30 heavy (non-hydrogen) atoms. The topological polar surface area (TPSA) is 75.6 Å². The molecule has 7 heteroatoms. The lowest BCUT2D eigenvalue weighted by atomic mass is 10.1. The second-order valence-electron chi connectivity index (χ2n) is 7.63. The average molecular weight is 406 g/mol. The van der Waals surface area contributed by atoms with Gasteiger partial charge in [0.1, 0.15) is 0 Å². The third-order valence-electron chi connectivity index (χ3n) is 5.33. The van der Waals surface area contributed by atoms with Crippen LogP contribution in [-0.2, 0) is 16.6 Å². The molecule has 2 N–H and O–H groups in total. The predicted molar refractivity (Wildman–Crippen MR) is 118 cm³/mol. The molecule has 2 heterocycles. The van der Waals surface area contributed by atoms with Crippen LogP contribution in [0.3, 0.4) is 0 Å². The van der Waals surface area contributed by atoms with Gasteiger partial charge >= 0.3 is 0 Å². The van der Waals surface area contributed by atoms with Crippen LogP contribution < -0.4 is 10.6 Å². The summed E-state index contributed by atoms with van der Waals surface area (Å²) in [6, 6.07) is 12.9. The molecule has 7 nitrogen and oxygen atoms in total. The highest BCUT2D eigenvalue weighted by atomic mass is 16.5. The minimum Gasteiger partial charge on any atom is -0.379 e. The normalized spacial score (nSPS) is 14.6. The zero-order valence-electron chi connectivity index (χ0n) is 17.3. The van der Waals surface area contributed by atoms with Gasteiger partial charge in [-0.1, -0.05) is 6.07 Å². The molecule has 0 spiro atoms. The number of carbonyl (C=O) groups is 2. The molecule has 0 atom stereocenters. The largest absolute Gasteiger partial charge is 0.379 e. The van der Waals surface area contributed by atoms with Gasteiger partial charge in [-0.3, -0.25) is 14.5 Å². The van der Waals surface area contributed by atoms with Crippen molar-refractivity contribution in [2.75, 3.05) is 43.5 Å². The van der Waals surface area contributed by atoms with Crippen molar-refractivity contribution < 1.29 is 14.3 Å². The van der Waals surface area contributed by atoms with E-state index in [9.17, 15) is 9.59 Å². The summed E-state index contributed by atoms with van der Waals surface area (Å²) in [5.41, 5.74) is 4.11. The second kappa shape index (κ2) is 8.69. The molecular formula is C23H26N4O3. The first kappa shape index (κ1) is 20.1. The van der Waals surface area contributed by atoms with E-state index in [0.717, 1.165) is 29.6 Å². The smallest absolute Gasteiger partial charge is 0.255 e. The van der Waals surface area contributed by atoms with Crippen molar-refractivity contribution >= 4 is 34.1 Å². The first-order valence-electron chi connectivity index (χ1n) is 10.1. The summed E-state index contributed by atoms with van der Waals surface area (Å²) in [5, 5.41) is 6.89. The molecule has 3 aromatic rings. The summed E-state index contributed by atoms with van der Waals surface area (Å²) in [5.74, 6) is -0.262. The molecule has 2 amide bonds. The van der Waals surface area contributed by atoms with Gasteiger partial charge < -0.3 is 19.9 Å². The number of nitrogens with one attached hydrogen (secondary N) is 2. The van der Waals surface area contributed by atoms with Crippen LogP contribution in [-0.4, -0.2) is 54.1 Å². The zero-order chi connectivity index (χ0) is 21.1. The zero-order valence-corrected chi connectivity index (χ0v) is 17.3. The number of benzene rings is 2. The number of aromatic nitrogens is 1. The summed E-state index contributed by atoms with van der Waals surface area (Å²) >= 11 is 0. The molecule has 1 aromatic heterocycles. The fourth-order valence-corrected chi connectivity index (χ4v) is 3.77. The highest BCUT2D eigenvalue weighted by molar-refractivity contribution is 6.07. The monoisotopic (exact) mass is 406 g/mol. The maximum Gasteiger partial charge on any atom is 0.255 e. The summed E-state index contributed by atoms with van der Waals surface area (Å²) in [7, 11) is 1.99. The van der Waals surface area contributed by atoms with Gasteiger partial charge in [0.15, 0.2) is 0 Å². The number of hydrogen-bond donors (Lipinski definition) is 2. The Labute approximate surface area is 175 Å². The fourth-order valence-electron chi connectivity index (χ4n) is 3.77. The van der Waals surface area contributed by atoms with Crippen molar-refractivity contribution in [3.63, 3.8) is 0 Å². The van der Waals surface area contributed by atoms with Gasteiger partial charge in [0.25, 0.3) is 5.91 Å². The Hall–Kier alpha value is -3.16. The molecule has 0 aliphatic carbocycles. The van der Waals surface area contributed by atoms with Gasteiger partial charge in [-0.2, -0.15) is 0 Å². The van der Waals surface area contributed by atoms with Crippen molar-refractivity contribution in [2.24, 2.45) is 7.05 Å². The van der Waals surface area contributed by atoms with E-state index in [4.69, 9.17) is 4.74 Å². The quantitative estimate of drug-likeness (QED) is 0.683. The Kier molecular flexibility index (Phi) is 5.83. The first-order valence-corrected chi connectivity index (χ1v) is 10.1. The third-order valence-corrected chi connectivity index (χ3v) is 5.33. The Balaban J connectivity index is 1.41. The lowest BCUT2D eigenvalue weighted by molar-refractivity contribution is -0.118. The van der Waals surface area contributed by atoms with Gasteiger partial charge in [-0.05, 0) is 48.9 Å². The van der Waals surface area contributed by atoms with Crippen molar-refractivity contribution in [3.8, 4) is 0 Å². The maximum atomic E-state index is 12.7. The molecule has 0 radical (unpaired) electrons. The van der Waals surface area contributed by atoms with Crippen molar-refractivity contribution in [2.45, 2.75) is 6.92 Å². The summed E-state index contributed by atoms with van der Waals surface area (Å²) in [6.45, 7) is 5.19. The van der Waals surface area contributed by atoms with E-state index in [0.29, 0.717) is 36.7 Å². The number of rotatable bonds is 5. The number of ether oxygens (including phenoxy) is 1. The number of aryl methyl sites for hydroxylation is 2. The summed E-state index contributed by atoms with van der Waals surface area (Å²) in [6.07, 6.45) is 2.05. The van der Waals surface area contributed by atoms with E-state index in [1.165, 1.54) is 0 Å². The molecule has 156 valence electrons. The Morgan fingerprint density at radius 3 is 2.53 bits per heavy atom. The molecule has 0 saturated carbocycles. The van der Waals surface area contributed by atoms with Crippen LogP contribution in [0, 0.1) is 6.92 Å². The van der Waals surface area contributed by atoms with Crippen molar-refractivity contribution in [3.05, 3.63) is 59.8 Å². The minimum atomic E-state index is -0.183. The highest BCUT2D eigenvalue weighted by Crippen LogP contribution is 2.22. The molecule has 1 aliphatic heterocycles. The Morgan fingerprint density at radius 2 is 1.77 bits per heavy atom. The van der Waals surface area contributed by atoms with Crippen LogP contribution >= 0.6 is 0 Å². The molecule has 0 unspecified atom stereocenters. The number of nitrogens with zero attached hydrogens (tertiary/aromatic N) is 2. The number of amides is 2. The molecule has 4 rings (SSSR count). The molecule has 1 aliphatic rings. The SMILES string of the molecule is Cc1cn(C)c2ccc(C(=O)Nc3cccc(NC(=O)CN4CCOCC4)c3)cc12. The van der Waals surface area contributed by atoms with E-state index in [1.54, 1.807) is 6.07 Å². The standard InChI is InChI=1S/C23H26N4O3/c1-16-14-26(2)21-7-6-17(12-20(16)21)23(29)25-19-5-3-4-18(13-19)24-22(28)15-27-8-10-30-11-9-27/h3-7,12-14H,8-11,15H2,1-2H3,(H,24,28)(H,25,29). The molecule has 1 saturated heterocycles. The Bertz CT molecular complexity index is 1080. The van der Waals surface area contributed by atoms with Gasteiger partial charge in [-0.25, -0.2) is 0 Å². The lowest BCUT2D eigenvalue weighted by Crippen LogP contribution is -2.41. The van der Waals surface area contributed by atoms with Crippen LogP contribution in [0.25, 0.3) is 10.9 Å².